The lowest BCUT2D eigenvalue weighted by atomic mass is 10.0. The zero-order valence-electron chi connectivity index (χ0n) is 16.0. The number of fused-ring (bicyclic) bond motifs is 3. The highest BCUT2D eigenvalue weighted by Gasteiger charge is 2.12. The van der Waals surface area contributed by atoms with E-state index in [-0.39, 0.29) is 11.4 Å². The minimum atomic E-state index is -0.354. The summed E-state index contributed by atoms with van der Waals surface area (Å²) in [6.07, 6.45) is 3.48. The predicted molar refractivity (Wildman–Crippen MR) is 115 cm³/mol. The van der Waals surface area contributed by atoms with Crippen LogP contribution in [0.2, 0.25) is 0 Å². The van der Waals surface area contributed by atoms with Crippen molar-refractivity contribution < 1.29 is 9.13 Å². The molecule has 6 heteroatoms. The fraction of sp³-hybridized carbons (Fsp3) is 0.0417. The van der Waals surface area contributed by atoms with Crippen molar-refractivity contribution in [2.24, 2.45) is 0 Å². The molecule has 0 saturated heterocycles. The topological polar surface area (TPSA) is 57.0 Å². The van der Waals surface area contributed by atoms with E-state index in [4.69, 9.17) is 4.74 Å². The van der Waals surface area contributed by atoms with Gasteiger partial charge in [-0.2, -0.15) is 0 Å². The summed E-state index contributed by atoms with van der Waals surface area (Å²) in [7, 11) is 1.57. The molecule has 0 atom stereocenters. The van der Waals surface area contributed by atoms with Crippen molar-refractivity contribution in [1.29, 1.82) is 0 Å². The number of aromatic nitrogens is 3. The molecule has 0 fully saturated rings. The number of nitrogens with zero attached hydrogens (tertiary/aromatic N) is 3. The van der Waals surface area contributed by atoms with Gasteiger partial charge in [-0.3, -0.25) is 14.3 Å². The van der Waals surface area contributed by atoms with Gasteiger partial charge in [0.05, 0.1) is 18.1 Å². The van der Waals surface area contributed by atoms with E-state index < -0.39 is 0 Å². The maximum absolute atomic E-state index is 13.5. The van der Waals surface area contributed by atoms with Gasteiger partial charge in [0, 0.05) is 46.5 Å². The molecule has 0 aliphatic heterocycles. The number of hydrogen-bond donors (Lipinski definition) is 0. The average Bonchev–Trinajstić information content (AvgIpc) is 2.79. The van der Waals surface area contributed by atoms with Crippen molar-refractivity contribution in [3.8, 4) is 22.7 Å². The lowest BCUT2D eigenvalue weighted by molar-refractivity contribution is 0.398. The van der Waals surface area contributed by atoms with Crippen LogP contribution in [0.25, 0.3) is 38.6 Å². The quantitative estimate of drug-likeness (QED) is 0.412. The van der Waals surface area contributed by atoms with Gasteiger partial charge in [0.1, 0.15) is 5.82 Å². The van der Waals surface area contributed by atoms with Crippen LogP contribution in [0.3, 0.4) is 0 Å². The summed E-state index contributed by atoms with van der Waals surface area (Å²) in [5, 5.41) is 1.64. The van der Waals surface area contributed by atoms with Gasteiger partial charge in [-0.1, -0.05) is 6.07 Å². The van der Waals surface area contributed by atoms with Crippen molar-refractivity contribution in [2.45, 2.75) is 0 Å². The maximum atomic E-state index is 13.5. The van der Waals surface area contributed by atoms with Gasteiger partial charge in [0.15, 0.2) is 0 Å². The van der Waals surface area contributed by atoms with E-state index in [1.54, 1.807) is 48.3 Å². The monoisotopic (exact) mass is 397 g/mol. The molecule has 30 heavy (non-hydrogen) atoms. The van der Waals surface area contributed by atoms with Crippen molar-refractivity contribution in [2.75, 3.05) is 7.11 Å². The fourth-order valence-electron chi connectivity index (χ4n) is 3.61. The lowest BCUT2D eigenvalue weighted by Crippen LogP contribution is -2.17. The van der Waals surface area contributed by atoms with Crippen LogP contribution >= 0.6 is 0 Å². The van der Waals surface area contributed by atoms with Gasteiger partial charge in [0.2, 0.25) is 5.88 Å². The summed E-state index contributed by atoms with van der Waals surface area (Å²) in [6.45, 7) is 0. The van der Waals surface area contributed by atoms with Crippen LogP contribution in [-0.4, -0.2) is 21.6 Å². The van der Waals surface area contributed by atoms with E-state index in [0.717, 1.165) is 32.9 Å². The van der Waals surface area contributed by atoms with Gasteiger partial charge < -0.3 is 4.74 Å². The van der Waals surface area contributed by atoms with Crippen LogP contribution in [0.1, 0.15) is 0 Å². The van der Waals surface area contributed by atoms with Crippen LogP contribution < -0.4 is 10.3 Å². The summed E-state index contributed by atoms with van der Waals surface area (Å²) in [6, 6.07) is 18.7. The van der Waals surface area contributed by atoms with Gasteiger partial charge in [-0.05, 0) is 54.1 Å². The molecule has 2 aromatic carbocycles. The van der Waals surface area contributed by atoms with Gasteiger partial charge in [0.25, 0.3) is 5.56 Å². The molecule has 0 N–H and O–H groups in total. The van der Waals surface area contributed by atoms with Crippen LogP contribution in [-0.2, 0) is 0 Å². The molecule has 5 nitrogen and oxygen atoms in total. The van der Waals surface area contributed by atoms with Crippen molar-refractivity contribution in [1.82, 2.24) is 14.5 Å². The standard InChI is InChI=1S/C24H16FN3O2/c1-30-22-10-3-16(13-27-22)15-2-9-21-20(12-15)24-17(14-26-21)4-11-23(29)28(24)19-7-5-18(25)6-8-19/h2-14H,1H3. The van der Waals surface area contributed by atoms with Gasteiger partial charge in [-0.25, -0.2) is 9.37 Å². The summed E-state index contributed by atoms with van der Waals surface area (Å²) in [5.74, 6) is 0.185. The summed E-state index contributed by atoms with van der Waals surface area (Å²) in [4.78, 5) is 21.6. The highest BCUT2D eigenvalue weighted by atomic mass is 19.1. The van der Waals surface area contributed by atoms with Crippen molar-refractivity contribution in [3.63, 3.8) is 0 Å². The number of pyridine rings is 3. The number of ether oxygens (including phenoxy) is 1. The highest BCUT2D eigenvalue weighted by molar-refractivity contribution is 6.05. The molecular weight excluding hydrogens is 381 g/mol. The Morgan fingerprint density at radius 1 is 0.867 bits per heavy atom. The molecule has 5 aromatic rings. The Morgan fingerprint density at radius 3 is 2.40 bits per heavy atom. The molecule has 0 saturated carbocycles. The normalized spacial score (nSPS) is 11.1. The van der Waals surface area contributed by atoms with Crippen LogP contribution in [0, 0.1) is 5.82 Å². The number of rotatable bonds is 3. The Morgan fingerprint density at radius 2 is 1.67 bits per heavy atom. The first-order chi connectivity index (χ1) is 14.6. The molecule has 0 spiro atoms. The number of hydrogen-bond acceptors (Lipinski definition) is 4. The Kier molecular flexibility index (Phi) is 4.25. The van der Waals surface area contributed by atoms with E-state index in [1.165, 1.54) is 18.2 Å². The molecule has 3 heterocycles. The Hall–Kier alpha value is -4.06. The minimum Gasteiger partial charge on any atom is -0.481 e. The number of halogens is 1. The number of methoxy groups -OCH3 is 1. The molecule has 0 amide bonds. The van der Waals surface area contributed by atoms with Gasteiger partial charge >= 0.3 is 0 Å². The molecule has 0 aliphatic rings. The van der Waals surface area contributed by atoms with Crippen molar-refractivity contribution in [3.05, 3.63) is 95.3 Å². The zero-order valence-corrected chi connectivity index (χ0v) is 16.0. The maximum Gasteiger partial charge on any atom is 0.255 e. The first kappa shape index (κ1) is 18.0. The minimum absolute atomic E-state index is 0.196. The lowest BCUT2D eigenvalue weighted by Gasteiger charge is -2.13. The first-order valence-electron chi connectivity index (χ1n) is 9.35. The third-order valence-electron chi connectivity index (χ3n) is 5.08. The van der Waals surface area contributed by atoms with Crippen molar-refractivity contribution >= 4 is 21.8 Å². The Labute approximate surface area is 171 Å². The SMILES string of the molecule is COc1ccc(-c2ccc3ncc4ccc(=O)n(-c5ccc(F)cc5)c4c3c2)cn1. The summed E-state index contributed by atoms with van der Waals surface area (Å²) < 4.78 is 20.2. The first-order valence-corrected chi connectivity index (χ1v) is 9.35. The molecule has 3 aromatic heterocycles. The third kappa shape index (κ3) is 2.99. The summed E-state index contributed by atoms with van der Waals surface area (Å²) >= 11 is 0. The largest absolute Gasteiger partial charge is 0.481 e. The van der Waals surface area contributed by atoms with E-state index in [1.807, 2.05) is 24.3 Å². The predicted octanol–water partition coefficient (Wildman–Crippen LogP) is 4.75. The third-order valence-corrected chi connectivity index (χ3v) is 5.08. The molecular formula is C24H16FN3O2. The van der Waals surface area contributed by atoms with Crippen LogP contribution in [0.15, 0.2) is 83.9 Å². The van der Waals surface area contributed by atoms with E-state index in [2.05, 4.69) is 9.97 Å². The van der Waals surface area contributed by atoms with E-state index in [9.17, 15) is 9.18 Å². The summed E-state index contributed by atoms with van der Waals surface area (Å²) in [5.41, 5.74) is 3.74. The second-order valence-electron chi connectivity index (χ2n) is 6.87. The molecule has 0 unspecified atom stereocenters. The second kappa shape index (κ2) is 7.08. The molecule has 146 valence electrons. The molecule has 0 radical (unpaired) electrons. The zero-order chi connectivity index (χ0) is 20.7. The highest BCUT2D eigenvalue weighted by Crippen LogP contribution is 2.29. The molecule has 0 bridgehead atoms. The Balaban J connectivity index is 1.82. The fourth-order valence-corrected chi connectivity index (χ4v) is 3.61. The number of benzene rings is 2. The van der Waals surface area contributed by atoms with Gasteiger partial charge in [-0.15, -0.1) is 0 Å². The average molecular weight is 397 g/mol. The van der Waals surface area contributed by atoms with Crippen LogP contribution in [0.5, 0.6) is 5.88 Å². The second-order valence-corrected chi connectivity index (χ2v) is 6.87. The van der Waals surface area contributed by atoms with E-state index in [0.29, 0.717) is 11.6 Å². The smallest absolute Gasteiger partial charge is 0.255 e. The molecule has 5 rings (SSSR count). The van der Waals surface area contributed by atoms with E-state index >= 15 is 0 Å². The Bertz CT molecular complexity index is 1440. The van der Waals surface area contributed by atoms with Crippen LogP contribution in [0.4, 0.5) is 4.39 Å². The molecule has 0 aliphatic carbocycles.